The molecule has 0 aromatic carbocycles. The Morgan fingerprint density at radius 2 is 2.69 bits per heavy atom. The van der Waals surface area contributed by atoms with Crippen molar-refractivity contribution in [3.63, 3.8) is 0 Å². The Morgan fingerprint density at radius 3 is 3.38 bits per heavy atom. The third kappa shape index (κ3) is 1.99. The minimum absolute atomic E-state index is 0.623. The van der Waals surface area contributed by atoms with E-state index < -0.39 is 0 Å². The first kappa shape index (κ1) is 8.94. The molecule has 0 radical (unpaired) electrons. The molecule has 1 aliphatic heterocycles. The molecule has 2 rings (SSSR count). The normalized spacial score (nSPS) is 22.1. The van der Waals surface area contributed by atoms with Gasteiger partial charge in [0, 0.05) is 30.7 Å². The van der Waals surface area contributed by atoms with Gasteiger partial charge >= 0.3 is 0 Å². The van der Waals surface area contributed by atoms with E-state index in [9.17, 15) is 0 Å². The lowest BCUT2D eigenvalue weighted by molar-refractivity contribution is 0.731. The summed E-state index contributed by atoms with van der Waals surface area (Å²) in [7, 11) is 0. The van der Waals surface area contributed by atoms with E-state index in [2.05, 4.69) is 21.8 Å². The fourth-order valence-electron chi connectivity index (χ4n) is 1.54. The van der Waals surface area contributed by atoms with Gasteiger partial charge in [-0.2, -0.15) is 11.8 Å². The number of imidazole rings is 1. The Morgan fingerprint density at radius 1 is 1.77 bits per heavy atom. The van der Waals surface area contributed by atoms with E-state index >= 15 is 0 Å². The first-order valence-corrected chi connectivity index (χ1v) is 5.91. The van der Waals surface area contributed by atoms with Gasteiger partial charge < -0.3 is 9.88 Å². The van der Waals surface area contributed by atoms with Crippen molar-refractivity contribution in [3.05, 3.63) is 12.4 Å². The summed E-state index contributed by atoms with van der Waals surface area (Å²) in [6.45, 7) is 3.12. The molecule has 1 atom stereocenters. The highest BCUT2D eigenvalue weighted by Gasteiger charge is 2.16. The van der Waals surface area contributed by atoms with E-state index in [-0.39, 0.29) is 0 Å². The predicted molar refractivity (Wildman–Crippen MR) is 57.3 cm³/mol. The number of rotatable bonds is 3. The van der Waals surface area contributed by atoms with Crippen molar-refractivity contribution in [3.8, 4) is 0 Å². The Bertz CT molecular complexity index is 266. The quantitative estimate of drug-likeness (QED) is 0.801. The second kappa shape index (κ2) is 4.05. The fraction of sp³-hybridized carbons (Fsp3) is 0.667. The summed E-state index contributed by atoms with van der Waals surface area (Å²) < 4.78 is 2.14. The standard InChI is InChI=1S/C9H15N3S/c1-2-12-5-4-10-9(12)11-8-3-6-13-7-8/h4-5,8H,2-3,6-7H2,1H3,(H,10,11). The van der Waals surface area contributed by atoms with Crippen LogP contribution >= 0.6 is 11.8 Å². The second-order valence-electron chi connectivity index (χ2n) is 3.24. The number of aromatic nitrogens is 2. The average Bonchev–Trinajstić information content (AvgIpc) is 2.76. The number of hydrogen-bond acceptors (Lipinski definition) is 3. The average molecular weight is 197 g/mol. The van der Waals surface area contributed by atoms with Crippen LogP contribution < -0.4 is 5.32 Å². The Hall–Kier alpha value is -0.640. The number of nitrogens with zero attached hydrogens (tertiary/aromatic N) is 2. The van der Waals surface area contributed by atoms with Gasteiger partial charge in [0.25, 0.3) is 0 Å². The molecule has 1 fully saturated rings. The van der Waals surface area contributed by atoms with Crippen LogP contribution in [0.25, 0.3) is 0 Å². The van der Waals surface area contributed by atoms with Crippen LogP contribution in [0.15, 0.2) is 12.4 Å². The van der Waals surface area contributed by atoms with Crippen LogP contribution in [-0.2, 0) is 6.54 Å². The smallest absolute Gasteiger partial charge is 0.203 e. The van der Waals surface area contributed by atoms with Crippen LogP contribution in [0.2, 0.25) is 0 Å². The Kier molecular flexibility index (Phi) is 2.78. The Labute approximate surface area is 82.9 Å². The molecule has 0 bridgehead atoms. The summed E-state index contributed by atoms with van der Waals surface area (Å²) >= 11 is 2.02. The summed E-state index contributed by atoms with van der Waals surface area (Å²) in [4.78, 5) is 4.29. The molecule has 1 saturated heterocycles. The third-order valence-electron chi connectivity index (χ3n) is 2.32. The van der Waals surface area contributed by atoms with Crippen LogP contribution in [0.1, 0.15) is 13.3 Å². The van der Waals surface area contributed by atoms with Crippen molar-refractivity contribution in [2.45, 2.75) is 25.9 Å². The molecule has 1 N–H and O–H groups in total. The van der Waals surface area contributed by atoms with Gasteiger partial charge in [0.1, 0.15) is 0 Å². The van der Waals surface area contributed by atoms with Crippen LogP contribution in [0, 0.1) is 0 Å². The van der Waals surface area contributed by atoms with Gasteiger partial charge in [0.15, 0.2) is 0 Å². The van der Waals surface area contributed by atoms with Gasteiger partial charge in [0.05, 0.1) is 0 Å². The second-order valence-corrected chi connectivity index (χ2v) is 4.39. The van der Waals surface area contributed by atoms with Crippen LogP contribution in [0.3, 0.4) is 0 Å². The lowest BCUT2D eigenvalue weighted by Crippen LogP contribution is -2.20. The van der Waals surface area contributed by atoms with Gasteiger partial charge in [-0.3, -0.25) is 0 Å². The number of anilines is 1. The monoisotopic (exact) mass is 197 g/mol. The van der Waals surface area contributed by atoms with Crippen molar-refractivity contribution in [2.75, 3.05) is 16.8 Å². The molecule has 1 aliphatic rings. The maximum absolute atomic E-state index is 4.29. The van der Waals surface area contributed by atoms with Crippen LogP contribution in [-0.4, -0.2) is 27.1 Å². The van der Waals surface area contributed by atoms with Crippen LogP contribution in [0.5, 0.6) is 0 Å². The van der Waals surface area contributed by atoms with E-state index in [1.54, 1.807) is 0 Å². The van der Waals surface area contributed by atoms with Crippen LogP contribution in [0.4, 0.5) is 5.95 Å². The molecule has 1 unspecified atom stereocenters. The summed E-state index contributed by atoms with van der Waals surface area (Å²) in [5.74, 6) is 3.52. The lowest BCUT2D eigenvalue weighted by Gasteiger charge is -2.12. The molecule has 0 spiro atoms. The molecule has 0 amide bonds. The van der Waals surface area contributed by atoms with E-state index in [0.29, 0.717) is 6.04 Å². The zero-order valence-corrected chi connectivity index (χ0v) is 8.68. The van der Waals surface area contributed by atoms with E-state index in [4.69, 9.17) is 0 Å². The molecular weight excluding hydrogens is 182 g/mol. The van der Waals surface area contributed by atoms with Gasteiger partial charge in [-0.1, -0.05) is 0 Å². The summed E-state index contributed by atoms with van der Waals surface area (Å²) in [6.07, 6.45) is 5.14. The minimum atomic E-state index is 0.623. The molecule has 0 aliphatic carbocycles. The molecule has 4 heteroatoms. The maximum atomic E-state index is 4.29. The summed E-state index contributed by atoms with van der Waals surface area (Å²) in [5, 5.41) is 3.47. The molecule has 3 nitrogen and oxygen atoms in total. The van der Waals surface area contributed by atoms with Gasteiger partial charge in [-0.05, 0) is 19.1 Å². The molecule has 13 heavy (non-hydrogen) atoms. The molecule has 1 aromatic heterocycles. The van der Waals surface area contributed by atoms with Crippen molar-refractivity contribution >= 4 is 17.7 Å². The molecule has 2 heterocycles. The van der Waals surface area contributed by atoms with Crippen molar-refractivity contribution in [1.82, 2.24) is 9.55 Å². The number of aryl methyl sites for hydroxylation is 1. The highest BCUT2D eigenvalue weighted by atomic mass is 32.2. The minimum Gasteiger partial charge on any atom is -0.352 e. The maximum Gasteiger partial charge on any atom is 0.203 e. The van der Waals surface area contributed by atoms with Gasteiger partial charge in [0.2, 0.25) is 5.95 Å². The van der Waals surface area contributed by atoms with E-state index in [1.807, 2.05) is 24.2 Å². The largest absolute Gasteiger partial charge is 0.352 e. The van der Waals surface area contributed by atoms with Gasteiger partial charge in [-0.15, -0.1) is 0 Å². The first-order valence-electron chi connectivity index (χ1n) is 4.75. The zero-order valence-electron chi connectivity index (χ0n) is 7.86. The van der Waals surface area contributed by atoms with Gasteiger partial charge in [-0.25, -0.2) is 4.98 Å². The topological polar surface area (TPSA) is 29.9 Å². The first-order chi connectivity index (χ1) is 6.40. The Balaban J connectivity index is 1.99. The van der Waals surface area contributed by atoms with Crippen molar-refractivity contribution in [2.24, 2.45) is 0 Å². The highest BCUT2D eigenvalue weighted by Crippen LogP contribution is 2.20. The number of thioether (sulfide) groups is 1. The fourth-order valence-corrected chi connectivity index (χ4v) is 2.69. The van der Waals surface area contributed by atoms with E-state index in [0.717, 1.165) is 12.5 Å². The lowest BCUT2D eigenvalue weighted by atomic mass is 10.3. The summed E-state index contributed by atoms with van der Waals surface area (Å²) in [5.41, 5.74) is 0. The number of nitrogens with one attached hydrogen (secondary N) is 1. The number of hydrogen-bond donors (Lipinski definition) is 1. The highest BCUT2D eigenvalue weighted by molar-refractivity contribution is 7.99. The summed E-state index contributed by atoms with van der Waals surface area (Å²) in [6, 6.07) is 0.623. The third-order valence-corrected chi connectivity index (χ3v) is 3.48. The molecule has 72 valence electrons. The molecule has 0 saturated carbocycles. The molecule has 1 aromatic rings. The zero-order chi connectivity index (χ0) is 9.10. The van der Waals surface area contributed by atoms with Crippen molar-refractivity contribution < 1.29 is 0 Å². The SMILES string of the molecule is CCn1ccnc1NC1CCSC1. The van der Waals surface area contributed by atoms with E-state index in [1.165, 1.54) is 17.9 Å². The van der Waals surface area contributed by atoms with Crippen molar-refractivity contribution in [1.29, 1.82) is 0 Å². The molecular formula is C9H15N3S. The predicted octanol–water partition coefficient (Wildman–Crippen LogP) is 1.82.